The van der Waals surface area contributed by atoms with Crippen LogP contribution in [0.5, 0.6) is 0 Å². The van der Waals surface area contributed by atoms with Crippen LogP contribution in [0.15, 0.2) is 18.3 Å². The lowest BCUT2D eigenvalue weighted by Crippen LogP contribution is -1.88. The van der Waals surface area contributed by atoms with E-state index in [1.54, 1.807) is 12.1 Å². The number of nitrogens with two attached hydrogens (primary N) is 1. The first-order valence-electron chi connectivity index (χ1n) is 2.49. The van der Waals surface area contributed by atoms with E-state index in [2.05, 4.69) is 4.98 Å². The number of carbonyl (C=O) groups excluding carboxylic acids is 1. The molecule has 2 N–H and O–H groups in total. The van der Waals surface area contributed by atoms with Crippen LogP contribution in [0, 0.1) is 0 Å². The zero-order valence-electron chi connectivity index (χ0n) is 4.74. The summed E-state index contributed by atoms with van der Waals surface area (Å²) < 4.78 is 0. The van der Waals surface area contributed by atoms with Gasteiger partial charge in [0.1, 0.15) is 5.69 Å². The molecule has 1 aromatic rings. The van der Waals surface area contributed by atoms with E-state index in [0.29, 0.717) is 17.7 Å². The molecule has 3 nitrogen and oxygen atoms in total. The van der Waals surface area contributed by atoms with Crippen molar-refractivity contribution in [2.45, 2.75) is 0 Å². The van der Waals surface area contributed by atoms with Gasteiger partial charge >= 0.3 is 0 Å². The van der Waals surface area contributed by atoms with Crippen molar-refractivity contribution < 1.29 is 4.79 Å². The predicted molar refractivity (Wildman–Crippen MR) is 34.0 cm³/mol. The molecule has 0 aromatic carbocycles. The van der Waals surface area contributed by atoms with Crippen molar-refractivity contribution in [1.29, 1.82) is 0 Å². The number of aromatic nitrogens is 1. The van der Waals surface area contributed by atoms with E-state index >= 15 is 0 Å². The Bertz CT molecular complexity index is 205. The summed E-state index contributed by atoms with van der Waals surface area (Å²) in [7, 11) is 0. The van der Waals surface area contributed by atoms with Crippen LogP contribution in [0.3, 0.4) is 0 Å². The lowest BCUT2D eigenvalue weighted by Gasteiger charge is -1.88. The van der Waals surface area contributed by atoms with E-state index in [1.807, 2.05) is 0 Å². The van der Waals surface area contributed by atoms with E-state index in [0.717, 1.165) is 0 Å². The summed E-state index contributed by atoms with van der Waals surface area (Å²) in [4.78, 5) is 13.7. The van der Waals surface area contributed by atoms with E-state index < -0.39 is 0 Å². The van der Waals surface area contributed by atoms with Gasteiger partial charge in [-0.1, -0.05) is 0 Å². The molecule has 0 aliphatic rings. The van der Waals surface area contributed by atoms with Gasteiger partial charge in [-0.3, -0.25) is 9.78 Å². The number of anilines is 1. The van der Waals surface area contributed by atoms with Gasteiger partial charge in [0, 0.05) is 0 Å². The van der Waals surface area contributed by atoms with E-state index in [4.69, 9.17) is 5.73 Å². The van der Waals surface area contributed by atoms with Crippen molar-refractivity contribution in [3.05, 3.63) is 24.0 Å². The van der Waals surface area contributed by atoms with Gasteiger partial charge in [0.2, 0.25) is 0 Å². The molecule has 0 radical (unpaired) electrons. The van der Waals surface area contributed by atoms with Crippen molar-refractivity contribution in [3.63, 3.8) is 0 Å². The monoisotopic (exact) mass is 122 g/mol. The Balaban J connectivity index is 3.01. The first-order chi connectivity index (χ1) is 4.33. The van der Waals surface area contributed by atoms with Crippen molar-refractivity contribution in [1.82, 2.24) is 4.98 Å². The summed E-state index contributed by atoms with van der Waals surface area (Å²) >= 11 is 0. The fourth-order valence-electron chi connectivity index (χ4n) is 0.486. The van der Waals surface area contributed by atoms with Crippen molar-refractivity contribution in [2.24, 2.45) is 0 Å². The van der Waals surface area contributed by atoms with Gasteiger partial charge in [-0.15, -0.1) is 0 Å². The molecule has 0 saturated heterocycles. The maximum Gasteiger partial charge on any atom is 0.168 e. The topological polar surface area (TPSA) is 56.0 Å². The standard InChI is InChI=1S/C6H6N2O/c7-5-1-2-6(4-9)8-3-5/h1-4H,7H2. The highest BCUT2D eigenvalue weighted by atomic mass is 16.1. The Kier molecular flexibility index (Phi) is 1.44. The summed E-state index contributed by atoms with van der Waals surface area (Å²) in [5.74, 6) is 0. The van der Waals surface area contributed by atoms with Gasteiger partial charge in [-0.2, -0.15) is 0 Å². The highest BCUT2D eigenvalue weighted by Crippen LogP contribution is 1.97. The minimum atomic E-state index is 0.407. The number of carbonyl (C=O) groups is 1. The quantitative estimate of drug-likeness (QED) is 0.551. The summed E-state index contributed by atoms with van der Waals surface area (Å²) in [5.41, 5.74) is 6.28. The maximum absolute atomic E-state index is 10.0. The summed E-state index contributed by atoms with van der Waals surface area (Å²) in [6.45, 7) is 0. The zero-order valence-corrected chi connectivity index (χ0v) is 4.74. The van der Waals surface area contributed by atoms with Crippen LogP contribution >= 0.6 is 0 Å². The lowest BCUT2D eigenvalue weighted by atomic mass is 10.3. The number of hydrogen-bond donors (Lipinski definition) is 1. The Hall–Kier alpha value is -1.38. The van der Waals surface area contributed by atoms with Gasteiger partial charge in [0.15, 0.2) is 6.29 Å². The van der Waals surface area contributed by atoms with Crippen LogP contribution < -0.4 is 5.73 Å². The molecular weight excluding hydrogens is 116 g/mol. The third-order valence-corrected chi connectivity index (χ3v) is 0.930. The van der Waals surface area contributed by atoms with Gasteiger partial charge in [0.05, 0.1) is 11.9 Å². The summed E-state index contributed by atoms with van der Waals surface area (Å²) in [6.07, 6.45) is 2.13. The average Bonchev–Trinajstić information content (AvgIpc) is 1.90. The van der Waals surface area contributed by atoms with Crippen molar-refractivity contribution >= 4 is 12.0 Å². The van der Waals surface area contributed by atoms with Gasteiger partial charge in [0.25, 0.3) is 0 Å². The van der Waals surface area contributed by atoms with Crippen molar-refractivity contribution in [2.75, 3.05) is 5.73 Å². The third-order valence-electron chi connectivity index (χ3n) is 0.930. The van der Waals surface area contributed by atoms with Crippen LogP contribution in [0.2, 0.25) is 0 Å². The van der Waals surface area contributed by atoms with Gasteiger partial charge < -0.3 is 5.73 Å². The van der Waals surface area contributed by atoms with Crippen LogP contribution in [-0.2, 0) is 0 Å². The maximum atomic E-state index is 10.0. The fourth-order valence-corrected chi connectivity index (χ4v) is 0.486. The molecule has 0 unspecified atom stereocenters. The van der Waals surface area contributed by atoms with E-state index in [-0.39, 0.29) is 0 Å². The van der Waals surface area contributed by atoms with E-state index in [9.17, 15) is 4.79 Å². The summed E-state index contributed by atoms with van der Waals surface area (Å²) in [5, 5.41) is 0. The number of nitrogens with zero attached hydrogens (tertiary/aromatic N) is 1. The highest BCUT2D eigenvalue weighted by Gasteiger charge is 1.87. The second-order valence-electron chi connectivity index (χ2n) is 1.63. The fraction of sp³-hybridized carbons (Fsp3) is 0. The van der Waals surface area contributed by atoms with Gasteiger partial charge in [-0.25, -0.2) is 0 Å². The molecular formula is C6H6N2O. The molecule has 1 aromatic heterocycles. The highest BCUT2D eigenvalue weighted by molar-refractivity contribution is 5.71. The Morgan fingerprint density at radius 2 is 2.33 bits per heavy atom. The SMILES string of the molecule is Nc1ccc(C=O)nc1. The molecule has 1 rings (SSSR count). The molecule has 9 heavy (non-hydrogen) atoms. The number of aldehydes is 1. The molecule has 1 heterocycles. The van der Waals surface area contributed by atoms with Crippen LogP contribution in [0.25, 0.3) is 0 Å². The second kappa shape index (κ2) is 2.26. The van der Waals surface area contributed by atoms with Crippen LogP contribution in [0.1, 0.15) is 10.5 Å². The molecule has 3 heteroatoms. The Morgan fingerprint density at radius 1 is 1.56 bits per heavy atom. The minimum absolute atomic E-state index is 0.407. The lowest BCUT2D eigenvalue weighted by molar-refractivity contribution is 0.111. The minimum Gasteiger partial charge on any atom is -0.397 e. The molecule has 0 amide bonds. The normalized spacial score (nSPS) is 8.89. The Morgan fingerprint density at radius 3 is 2.78 bits per heavy atom. The average molecular weight is 122 g/mol. The first kappa shape index (κ1) is 5.75. The smallest absolute Gasteiger partial charge is 0.168 e. The molecule has 46 valence electrons. The molecule has 0 fully saturated rings. The molecule has 0 aliphatic carbocycles. The first-order valence-corrected chi connectivity index (χ1v) is 2.49. The van der Waals surface area contributed by atoms with Crippen LogP contribution in [-0.4, -0.2) is 11.3 Å². The number of hydrogen-bond acceptors (Lipinski definition) is 3. The second-order valence-corrected chi connectivity index (χ2v) is 1.63. The summed E-state index contributed by atoms with van der Waals surface area (Å²) in [6, 6.07) is 3.21. The Labute approximate surface area is 52.5 Å². The van der Waals surface area contributed by atoms with Crippen LogP contribution in [0.4, 0.5) is 5.69 Å². The van der Waals surface area contributed by atoms with Gasteiger partial charge in [-0.05, 0) is 12.1 Å². The molecule has 0 bridgehead atoms. The molecule has 0 atom stereocenters. The molecule has 0 spiro atoms. The predicted octanol–water partition coefficient (Wildman–Crippen LogP) is 0.476. The number of nitrogen functional groups attached to an aromatic ring is 1. The van der Waals surface area contributed by atoms with E-state index in [1.165, 1.54) is 6.20 Å². The molecule has 0 saturated carbocycles. The largest absolute Gasteiger partial charge is 0.397 e. The van der Waals surface area contributed by atoms with Crippen molar-refractivity contribution in [3.8, 4) is 0 Å². The molecule has 0 aliphatic heterocycles. The zero-order chi connectivity index (χ0) is 6.69. The third kappa shape index (κ3) is 1.25. The number of rotatable bonds is 1. The number of pyridine rings is 1.